The van der Waals surface area contributed by atoms with E-state index >= 15 is 0 Å². The fraction of sp³-hybridized carbons (Fsp3) is 0.406. The van der Waals surface area contributed by atoms with Crippen LogP contribution in [0.3, 0.4) is 0 Å². The highest BCUT2D eigenvalue weighted by Gasteiger charge is 2.37. The first-order valence-corrected chi connectivity index (χ1v) is 16.0. The zero-order chi connectivity index (χ0) is 27.8. The second-order valence-corrected chi connectivity index (χ2v) is 13.2. The summed E-state index contributed by atoms with van der Waals surface area (Å²) in [6, 6.07) is 11.6. The maximum atomic E-state index is 13.7. The van der Waals surface area contributed by atoms with Gasteiger partial charge < -0.3 is 9.88 Å². The molecule has 2 aromatic heterocycles. The van der Waals surface area contributed by atoms with Gasteiger partial charge in [0, 0.05) is 28.5 Å². The standard InChI is InChI=1S/C32H35N3O3S2/c1-20-17-23(18-27-30(37)34(32(38)40-27)19-22-11-5-3-6-12-22)21(2)35(20)31-28(25-15-9-10-16-26(25)39-31)29(36)33-24-13-7-4-8-14-24/h4,7-8,13-14,17-18,22H,3,5-6,9-12,15-16,19H2,1-2H3,(H,33,36)/b27-18+. The van der Waals surface area contributed by atoms with Crippen LogP contribution in [-0.4, -0.2) is 33.1 Å². The third-order valence-corrected chi connectivity index (χ3v) is 10.6. The van der Waals surface area contributed by atoms with Gasteiger partial charge in [0.2, 0.25) is 0 Å². The summed E-state index contributed by atoms with van der Waals surface area (Å²) in [5.74, 6) is 0.148. The van der Waals surface area contributed by atoms with Gasteiger partial charge in [0.15, 0.2) is 0 Å². The number of carbonyl (C=O) groups excluding carboxylic acids is 3. The largest absolute Gasteiger partial charge is 0.322 e. The Labute approximate surface area is 243 Å². The smallest absolute Gasteiger partial charge is 0.293 e. The Hall–Kier alpha value is -3.10. The first kappa shape index (κ1) is 27.1. The molecule has 0 atom stereocenters. The van der Waals surface area contributed by atoms with Gasteiger partial charge in [0.25, 0.3) is 17.1 Å². The molecule has 0 unspecified atom stereocenters. The van der Waals surface area contributed by atoms with Gasteiger partial charge in [0.05, 0.1) is 10.5 Å². The van der Waals surface area contributed by atoms with Crippen molar-refractivity contribution in [1.82, 2.24) is 9.47 Å². The summed E-state index contributed by atoms with van der Waals surface area (Å²) in [4.78, 5) is 43.0. The van der Waals surface area contributed by atoms with Gasteiger partial charge in [-0.05, 0) is 105 Å². The topological polar surface area (TPSA) is 71.4 Å². The van der Waals surface area contributed by atoms with Gasteiger partial charge in [-0.3, -0.25) is 19.3 Å². The van der Waals surface area contributed by atoms with E-state index in [2.05, 4.69) is 16.0 Å². The minimum atomic E-state index is -0.181. The van der Waals surface area contributed by atoms with Crippen molar-refractivity contribution in [2.75, 3.05) is 11.9 Å². The lowest BCUT2D eigenvalue weighted by atomic mass is 9.89. The molecule has 1 aliphatic heterocycles. The Morgan fingerprint density at radius 3 is 2.55 bits per heavy atom. The highest BCUT2D eigenvalue weighted by Crippen LogP contribution is 2.40. The molecule has 1 aromatic carbocycles. The number of imide groups is 1. The van der Waals surface area contributed by atoms with Crippen LogP contribution in [-0.2, 0) is 17.6 Å². The quantitative estimate of drug-likeness (QED) is 0.304. The average Bonchev–Trinajstić information content (AvgIpc) is 3.56. The van der Waals surface area contributed by atoms with E-state index < -0.39 is 0 Å². The average molecular weight is 574 g/mol. The summed E-state index contributed by atoms with van der Waals surface area (Å²) in [7, 11) is 0. The lowest BCUT2D eigenvalue weighted by Crippen LogP contribution is -2.34. The lowest BCUT2D eigenvalue weighted by Gasteiger charge is -2.25. The fourth-order valence-electron chi connectivity index (χ4n) is 6.33. The molecular weight excluding hydrogens is 539 g/mol. The van der Waals surface area contributed by atoms with Crippen molar-refractivity contribution in [2.45, 2.75) is 71.6 Å². The molecule has 1 N–H and O–H groups in total. The normalized spacial score (nSPS) is 18.9. The highest BCUT2D eigenvalue weighted by molar-refractivity contribution is 8.18. The predicted molar refractivity (Wildman–Crippen MR) is 163 cm³/mol. The second-order valence-electron chi connectivity index (χ2n) is 11.2. The SMILES string of the molecule is Cc1cc(/C=C2/SC(=O)N(CC3CCCCC3)C2=O)c(C)n1-c1sc2c(c1C(=O)Nc1ccccc1)CCCC2. The van der Waals surface area contributed by atoms with E-state index in [0.29, 0.717) is 17.4 Å². The maximum absolute atomic E-state index is 13.7. The first-order chi connectivity index (χ1) is 19.4. The Morgan fingerprint density at radius 1 is 1.02 bits per heavy atom. The number of rotatable bonds is 6. The summed E-state index contributed by atoms with van der Waals surface area (Å²) in [5.41, 5.74) is 5.56. The molecule has 1 saturated heterocycles. The maximum Gasteiger partial charge on any atom is 0.293 e. The van der Waals surface area contributed by atoms with E-state index in [4.69, 9.17) is 0 Å². The monoisotopic (exact) mass is 573 g/mol. The van der Waals surface area contributed by atoms with Crippen molar-refractivity contribution >= 4 is 51.9 Å². The summed E-state index contributed by atoms with van der Waals surface area (Å²) in [6.45, 7) is 4.60. The van der Waals surface area contributed by atoms with Crippen molar-refractivity contribution in [2.24, 2.45) is 5.92 Å². The Balaban J connectivity index is 1.33. The zero-order valence-corrected chi connectivity index (χ0v) is 24.8. The van der Waals surface area contributed by atoms with Crippen molar-refractivity contribution in [3.05, 3.63) is 74.3 Å². The molecule has 3 amide bonds. The second kappa shape index (κ2) is 11.4. The van der Waals surface area contributed by atoms with Crippen LogP contribution < -0.4 is 5.32 Å². The molecule has 0 bridgehead atoms. The summed E-state index contributed by atoms with van der Waals surface area (Å²) >= 11 is 2.75. The molecule has 6 nitrogen and oxygen atoms in total. The number of aromatic nitrogens is 1. The highest BCUT2D eigenvalue weighted by atomic mass is 32.2. The zero-order valence-electron chi connectivity index (χ0n) is 23.1. The molecule has 2 aliphatic carbocycles. The van der Waals surface area contributed by atoms with Crippen LogP contribution >= 0.6 is 23.1 Å². The Kier molecular flexibility index (Phi) is 7.73. The van der Waals surface area contributed by atoms with Gasteiger partial charge in [-0.2, -0.15) is 0 Å². The molecule has 3 aliphatic rings. The number of aryl methyl sites for hydroxylation is 2. The molecule has 40 heavy (non-hydrogen) atoms. The van der Waals surface area contributed by atoms with E-state index in [9.17, 15) is 14.4 Å². The molecule has 1 saturated carbocycles. The number of carbonyl (C=O) groups is 3. The molecule has 8 heteroatoms. The van der Waals surface area contributed by atoms with Crippen LogP contribution in [0.4, 0.5) is 10.5 Å². The van der Waals surface area contributed by atoms with Crippen LogP contribution in [0.2, 0.25) is 0 Å². The van der Waals surface area contributed by atoms with Crippen molar-refractivity contribution in [3.8, 4) is 5.00 Å². The van der Waals surface area contributed by atoms with Crippen LogP contribution in [0.5, 0.6) is 0 Å². The molecule has 2 fully saturated rings. The number of para-hydroxylation sites is 1. The number of hydrogen-bond donors (Lipinski definition) is 1. The van der Waals surface area contributed by atoms with Crippen molar-refractivity contribution < 1.29 is 14.4 Å². The number of benzene rings is 1. The molecule has 3 aromatic rings. The van der Waals surface area contributed by atoms with Crippen molar-refractivity contribution in [3.63, 3.8) is 0 Å². The third kappa shape index (κ3) is 5.19. The minimum Gasteiger partial charge on any atom is -0.322 e. The van der Waals surface area contributed by atoms with Gasteiger partial charge in [-0.1, -0.05) is 37.5 Å². The van der Waals surface area contributed by atoms with Crippen LogP contribution in [0, 0.1) is 19.8 Å². The molecule has 0 spiro atoms. The minimum absolute atomic E-state index is 0.0847. The number of thioether (sulfide) groups is 1. The number of fused-ring (bicyclic) bond motifs is 1. The van der Waals surface area contributed by atoms with Gasteiger partial charge in [0.1, 0.15) is 5.00 Å². The fourth-order valence-corrected chi connectivity index (χ4v) is 8.67. The number of nitrogens with zero attached hydrogens (tertiary/aromatic N) is 2. The molecule has 6 rings (SSSR count). The van der Waals surface area contributed by atoms with Crippen LogP contribution in [0.25, 0.3) is 11.1 Å². The summed E-state index contributed by atoms with van der Waals surface area (Å²) in [6.07, 6.45) is 11.8. The predicted octanol–water partition coefficient (Wildman–Crippen LogP) is 7.90. The van der Waals surface area contributed by atoms with Gasteiger partial charge in [-0.25, -0.2) is 0 Å². The Bertz CT molecular complexity index is 1500. The van der Waals surface area contributed by atoms with Crippen LogP contribution in [0.1, 0.15) is 82.7 Å². The lowest BCUT2D eigenvalue weighted by molar-refractivity contribution is -0.123. The number of amides is 3. The van der Waals surface area contributed by atoms with E-state index in [1.807, 2.05) is 50.3 Å². The molecule has 0 radical (unpaired) electrons. The molecular formula is C32H35N3O3S2. The van der Waals surface area contributed by atoms with E-state index in [-0.39, 0.29) is 17.1 Å². The molecule has 3 heterocycles. The van der Waals surface area contributed by atoms with Crippen LogP contribution in [0.15, 0.2) is 41.3 Å². The first-order valence-electron chi connectivity index (χ1n) is 14.4. The summed E-state index contributed by atoms with van der Waals surface area (Å²) < 4.78 is 2.15. The van der Waals surface area contributed by atoms with Crippen molar-refractivity contribution in [1.29, 1.82) is 0 Å². The summed E-state index contributed by atoms with van der Waals surface area (Å²) in [5, 5.41) is 3.88. The van der Waals surface area contributed by atoms with Gasteiger partial charge >= 0.3 is 0 Å². The Morgan fingerprint density at radius 2 is 1.77 bits per heavy atom. The number of nitrogens with one attached hydrogen (secondary N) is 1. The van der Waals surface area contributed by atoms with Gasteiger partial charge in [-0.15, -0.1) is 11.3 Å². The van der Waals surface area contributed by atoms with E-state index in [1.54, 1.807) is 11.3 Å². The van der Waals surface area contributed by atoms with E-state index in [0.717, 1.165) is 89.1 Å². The van der Waals surface area contributed by atoms with E-state index in [1.165, 1.54) is 29.0 Å². The molecule has 208 valence electrons. The third-order valence-electron chi connectivity index (χ3n) is 8.41. The number of hydrogen-bond acceptors (Lipinski definition) is 5. The number of thiophene rings is 1. The number of anilines is 1.